The molecule has 37 heavy (non-hydrogen) atoms. The maximum atomic E-state index is 11.1. The molecule has 0 aliphatic rings. The van der Waals surface area contributed by atoms with Gasteiger partial charge in [-0.25, -0.2) is 9.97 Å². The van der Waals surface area contributed by atoms with Crippen LogP contribution in [0.3, 0.4) is 0 Å². The molecule has 2 heterocycles. The minimum absolute atomic E-state index is 0.0952. The fraction of sp³-hybridized carbons (Fsp3) is 0.192. The zero-order valence-electron chi connectivity index (χ0n) is 20.4. The Kier molecular flexibility index (Phi) is 8.17. The summed E-state index contributed by atoms with van der Waals surface area (Å²) in [5.41, 5.74) is 3.19. The minimum atomic E-state index is -0.0952. The Bertz CT molecular complexity index is 1440. The maximum Gasteiger partial charge on any atom is 0.211 e. The molecule has 2 aromatic carbocycles. The second-order valence-corrected chi connectivity index (χ2v) is 8.72. The predicted octanol–water partition coefficient (Wildman–Crippen LogP) is 5.65. The zero-order chi connectivity index (χ0) is 26.5. The largest absolute Gasteiger partial charge is 0.495 e. The number of rotatable bonds is 10. The van der Waals surface area contributed by atoms with Crippen molar-refractivity contribution >= 4 is 63.4 Å². The van der Waals surface area contributed by atoms with Gasteiger partial charge in [-0.15, -0.1) is 0 Å². The topological polar surface area (TPSA) is 118 Å². The van der Waals surface area contributed by atoms with Gasteiger partial charge < -0.3 is 30.5 Å². The molecule has 0 saturated carbocycles. The Labute approximate surface area is 223 Å². The summed E-state index contributed by atoms with van der Waals surface area (Å²) in [5, 5.41) is 20.7. The van der Waals surface area contributed by atoms with Crippen LogP contribution >= 0.6 is 23.2 Å². The van der Waals surface area contributed by atoms with E-state index in [9.17, 15) is 9.90 Å². The van der Waals surface area contributed by atoms with Crippen molar-refractivity contribution in [3.05, 3.63) is 58.2 Å². The fourth-order valence-electron chi connectivity index (χ4n) is 3.91. The van der Waals surface area contributed by atoms with E-state index < -0.39 is 0 Å². The molecule has 4 aromatic rings. The van der Waals surface area contributed by atoms with Gasteiger partial charge in [-0.3, -0.25) is 4.79 Å². The molecule has 0 aliphatic heterocycles. The first-order valence-electron chi connectivity index (χ1n) is 11.2. The van der Waals surface area contributed by atoms with E-state index in [1.165, 1.54) is 14.2 Å². The Morgan fingerprint density at radius 3 is 2.46 bits per heavy atom. The van der Waals surface area contributed by atoms with Crippen LogP contribution in [0.15, 0.2) is 42.6 Å². The Morgan fingerprint density at radius 2 is 1.81 bits per heavy atom. The van der Waals surface area contributed by atoms with Crippen molar-refractivity contribution in [3.63, 3.8) is 0 Å². The van der Waals surface area contributed by atoms with Crippen molar-refractivity contribution < 1.29 is 19.4 Å². The van der Waals surface area contributed by atoms with Crippen LogP contribution < -0.4 is 25.4 Å². The standard InChI is InChI=1S/C26H25Cl2N5O4/c1-14-5-4-6-17(31-13-35)25(14)33-21-10-16-15(12-30-21)9-18(32-26(16)29-7-8-34)22-23(27)19(36-2)11-20(37-3)24(22)28/h4-6,9-13,34H,7-8H2,1-3H3,(H,29,32)(H,30,33)(H,31,35). The van der Waals surface area contributed by atoms with Crippen LogP contribution in [0.2, 0.25) is 10.0 Å². The average Bonchev–Trinajstić information content (AvgIpc) is 2.89. The molecule has 2 aromatic heterocycles. The van der Waals surface area contributed by atoms with E-state index in [2.05, 4.69) is 20.9 Å². The van der Waals surface area contributed by atoms with E-state index in [4.69, 9.17) is 37.7 Å². The number of anilines is 4. The van der Waals surface area contributed by atoms with Crippen molar-refractivity contribution in [3.8, 4) is 22.8 Å². The number of para-hydroxylation sites is 1. The molecule has 0 aliphatic carbocycles. The SMILES string of the molecule is COc1cc(OC)c(Cl)c(-c2cc3cnc(Nc4c(C)cccc4NC=O)cc3c(NCCO)n2)c1Cl. The van der Waals surface area contributed by atoms with Crippen LogP contribution in [0.4, 0.5) is 23.0 Å². The third-order valence-electron chi connectivity index (χ3n) is 5.69. The third kappa shape index (κ3) is 5.34. The summed E-state index contributed by atoms with van der Waals surface area (Å²) in [7, 11) is 3.01. The van der Waals surface area contributed by atoms with Gasteiger partial charge in [0.15, 0.2) is 0 Å². The lowest BCUT2D eigenvalue weighted by molar-refractivity contribution is -0.105. The quantitative estimate of drug-likeness (QED) is 0.190. The molecule has 4 N–H and O–H groups in total. The number of hydrogen-bond acceptors (Lipinski definition) is 8. The molecule has 192 valence electrons. The van der Waals surface area contributed by atoms with E-state index >= 15 is 0 Å². The number of aliphatic hydroxyl groups is 1. The molecular formula is C26H25Cl2N5O4. The molecule has 0 fully saturated rings. The van der Waals surface area contributed by atoms with Crippen LogP contribution in [0.25, 0.3) is 22.0 Å². The van der Waals surface area contributed by atoms with E-state index in [0.717, 1.165) is 22.0 Å². The molecule has 9 nitrogen and oxygen atoms in total. The van der Waals surface area contributed by atoms with Gasteiger partial charge in [0.25, 0.3) is 0 Å². The third-order valence-corrected chi connectivity index (χ3v) is 6.44. The van der Waals surface area contributed by atoms with Gasteiger partial charge in [-0.1, -0.05) is 35.3 Å². The molecule has 11 heteroatoms. The van der Waals surface area contributed by atoms with Crippen molar-refractivity contribution in [1.29, 1.82) is 0 Å². The van der Waals surface area contributed by atoms with Crippen LogP contribution in [0.1, 0.15) is 5.56 Å². The van der Waals surface area contributed by atoms with Crippen LogP contribution in [0.5, 0.6) is 11.5 Å². The van der Waals surface area contributed by atoms with Crippen molar-refractivity contribution in [2.75, 3.05) is 43.3 Å². The Balaban J connectivity index is 1.86. The summed E-state index contributed by atoms with van der Waals surface area (Å²) in [6.45, 7) is 2.10. The summed E-state index contributed by atoms with van der Waals surface area (Å²) in [4.78, 5) is 20.4. The number of hydrogen-bond donors (Lipinski definition) is 4. The first-order chi connectivity index (χ1) is 17.9. The molecule has 0 spiro atoms. The number of fused-ring (bicyclic) bond motifs is 1. The molecule has 4 rings (SSSR count). The van der Waals surface area contributed by atoms with Gasteiger partial charge in [0.1, 0.15) is 23.1 Å². The average molecular weight is 542 g/mol. The first-order valence-corrected chi connectivity index (χ1v) is 12.0. The number of halogens is 2. The number of aromatic nitrogens is 2. The van der Waals surface area contributed by atoms with Gasteiger partial charge in [-0.2, -0.15) is 0 Å². The normalized spacial score (nSPS) is 10.8. The summed E-state index contributed by atoms with van der Waals surface area (Å²) in [6, 6.07) is 10.8. The highest BCUT2D eigenvalue weighted by atomic mass is 35.5. The fourth-order valence-corrected chi connectivity index (χ4v) is 4.60. The second kappa shape index (κ2) is 11.5. The zero-order valence-corrected chi connectivity index (χ0v) is 21.9. The first kappa shape index (κ1) is 26.3. The second-order valence-electron chi connectivity index (χ2n) is 7.97. The van der Waals surface area contributed by atoms with Crippen LogP contribution in [0, 0.1) is 6.92 Å². The van der Waals surface area contributed by atoms with Gasteiger partial charge >= 0.3 is 0 Å². The van der Waals surface area contributed by atoms with Gasteiger partial charge in [0, 0.05) is 35.1 Å². The maximum absolute atomic E-state index is 11.1. The van der Waals surface area contributed by atoms with E-state index in [-0.39, 0.29) is 23.2 Å². The van der Waals surface area contributed by atoms with Gasteiger partial charge in [0.05, 0.1) is 47.9 Å². The summed E-state index contributed by atoms with van der Waals surface area (Å²) in [5.74, 6) is 1.81. The number of nitrogens with one attached hydrogen (secondary N) is 3. The van der Waals surface area contributed by atoms with E-state index in [1.807, 2.05) is 31.2 Å². The molecule has 0 bridgehead atoms. The van der Waals surface area contributed by atoms with Crippen molar-refractivity contribution in [2.24, 2.45) is 0 Å². The molecule has 0 radical (unpaired) electrons. The Morgan fingerprint density at radius 1 is 1.08 bits per heavy atom. The highest BCUT2D eigenvalue weighted by Gasteiger charge is 2.21. The number of benzene rings is 2. The predicted molar refractivity (Wildman–Crippen MR) is 148 cm³/mol. The number of aryl methyl sites for hydroxylation is 1. The van der Waals surface area contributed by atoms with E-state index in [0.29, 0.717) is 46.5 Å². The van der Waals surface area contributed by atoms with Crippen LogP contribution in [-0.4, -0.2) is 48.9 Å². The number of aliphatic hydroxyl groups excluding tert-OH is 1. The number of nitrogens with zero attached hydrogens (tertiary/aromatic N) is 2. The smallest absolute Gasteiger partial charge is 0.211 e. The number of carbonyl (C=O) groups excluding carboxylic acids is 1. The van der Waals surface area contributed by atoms with E-state index in [1.54, 1.807) is 18.3 Å². The summed E-state index contributed by atoms with van der Waals surface area (Å²) in [6.07, 6.45) is 2.32. The van der Waals surface area contributed by atoms with Gasteiger partial charge in [-0.05, 0) is 30.7 Å². The Hall–Kier alpha value is -3.79. The lowest BCUT2D eigenvalue weighted by atomic mass is 10.1. The number of methoxy groups -OCH3 is 2. The summed E-state index contributed by atoms with van der Waals surface area (Å²) < 4.78 is 10.8. The minimum Gasteiger partial charge on any atom is -0.495 e. The molecule has 1 amide bonds. The monoisotopic (exact) mass is 541 g/mol. The van der Waals surface area contributed by atoms with Crippen molar-refractivity contribution in [2.45, 2.75) is 6.92 Å². The number of amides is 1. The lowest BCUT2D eigenvalue weighted by Crippen LogP contribution is -2.08. The molecule has 0 saturated heterocycles. The van der Waals surface area contributed by atoms with Gasteiger partial charge in [0.2, 0.25) is 6.41 Å². The lowest BCUT2D eigenvalue weighted by Gasteiger charge is -2.17. The number of pyridine rings is 2. The highest BCUT2D eigenvalue weighted by molar-refractivity contribution is 6.41. The molecule has 0 unspecified atom stereocenters. The molecule has 0 atom stereocenters. The van der Waals surface area contributed by atoms with Crippen LogP contribution in [-0.2, 0) is 4.79 Å². The highest BCUT2D eigenvalue weighted by Crippen LogP contribution is 2.46. The number of carbonyl (C=O) groups is 1. The summed E-state index contributed by atoms with van der Waals surface area (Å²) >= 11 is 13.3. The molecular weight excluding hydrogens is 517 g/mol. The number of ether oxygens (including phenoxy) is 2. The van der Waals surface area contributed by atoms with Crippen molar-refractivity contribution in [1.82, 2.24) is 9.97 Å².